The van der Waals surface area contributed by atoms with Crippen LogP contribution in [0.4, 0.5) is 0 Å². The van der Waals surface area contributed by atoms with Crippen LogP contribution in [0.15, 0.2) is 30.3 Å². The van der Waals surface area contributed by atoms with Crippen LogP contribution in [0, 0.1) is 5.92 Å². The third-order valence-electron chi connectivity index (χ3n) is 4.10. The van der Waals surface area contributed by atoms with Crippen molar-refractivity contribution in [2.45, 2.75) is 13.3 Å². The fraction of sp³-hybridized carbons (Fsp3) is 0.278. The third kappa shape index (κ3) is 2.48. The normalized spacial score (nSPS) is 16.3. The zero-order chi connectivity index (χ0) is 16.6. The molecular formula is C18H16O5. The maximum absolute atomic E-state index is 12.7. The molecule has 118 valence electrons. The molecule has 23 heavy (non-hydrogen) atoms. The van der Waals surface area contributed by atoms with Crippen molar-refractivity contribution in [2.75, 3.05) is 13.7 Å². The average Bonchev–Trinajstić information content (AvgIpc) is 2.91. The van der Waals surface area contributed by atoms with Crippen LogP contribution in [-0.4, -0.2) is 31.3 Å². The van der Waals surface area contributed by atoms with Gasteiger partial charge in [-0.15, -0.1) is 0 Å². The fourth-order valence-electron chi connectivity index (χ4n) is 2.98. The first-order valence-electron chi connectivity index (χ1n) is 7.41. The Labute approximate surface area is 133 Å². The number of hydrogen-bond donors (Lipinski definition) is 0. The molecule has 1 atom stereocenters. The molecule has 0 saturated carbocycles. The second-order valence-electron chi connectivity index (χ2n) is 5.39. The lowest BCUT2D eigenvalue weighted by molar-refractivity contribution is -0.154. The van der Waals surface area contributed by atoms with E-state index in [4.69, 9.17) is 9.47 Å². The van der Waals surface area contributed by atoms with Gasteiger partial charge in [0, 0.05) is 5.56 Å². The van der Waals surface area contributed by atoms with Crippen molar-refractivity contribution in [1.29, 1.82) is 0 Å². The van der Waals surface area contributed by atoms with Crippen molar-refractivity contribution in [1.82, 2.24) is 0 Å². The molecule has 0 unspecified atom stereocenters. The van der Waals surface area contributed by atoms with Gasteiger partial charge in [-0.2, -0.15) is 0 Å². The van der Waals surface area contributed by atoms with Crippen molar-refractivity contribution in [2.24, 2.45) is 5.92 Å². The number of ketones is 2. The van der Waals surface area contributed by atoms with Crippen molar-refractivity contribution >= 4 is 28.3 Å². The molecule has 1 aliphatic rings. The van der Waals surface area contributed by atoms with Crippen LogP contribution in [0.5, 0.6) is 5.75 Å². The molecule has 0 radical (unpaired) electrons. The first-order valence-corrected chi connectivity index (χ1v) is 7.41. The number of esters is 1. The van der Waals surface area contributed by atoms with Gasteiger partial charge in [0.1, 0.15) is 5.75 Å². The minimum Gasteiger partial charge on any atom is -0.497 e. The van der Waals surface area contributed by atoms with Crippen molar-refractivity contribution in [3.8, 4) is 5.75 Å². The van der Waals surface area contributed by atoms with E-state index in [0.29, 0.717) is 11.3 Å². The minimum absolute atomic E-state index is 0.110. The van der Waals surface area contributed by atoms with E-state index in [0.717, 1.165) is 16.3 Å². The van der Waals surface area contributed by atoms with Crippen molar-refractivity contribution < 1.29 is 23.9 Å². The number of fused-ring (bicyclic) bond motifs is 3. The van der Waals surface area contributed by atoms with Gasteiger partial charge >= 0.3 is 5.97 Å². The number of methoxy groups -OCH3 is 1. The fourth-order valence-corrected chi connectivity index (χ4v) is 2.98. The second-order valence-corrected chi connectivity index (χ2v) is 5.39. The van der Waals surface area contributed by atoms with Gasteiger partial charge in [0.05, 0.1) is 19.6 Å². The van der Waals surface area contributed by atoms with E-state index < -0.39 is 17.7 Å². The molecule has 0 aliphatic heterocycles. The maximum Gasteiger partial charge on any atom is 0.375 e. The molecule has 5 nitrogen and oxygen atoms in total. The predicted molar refractivity (Wildman–Crippen MR) is 83.7 cm³/mol. The summed E-state index contributed by atoms with van der Waals surface area (Å²) in [7, 11) is 1.55. The standard InChI is InChI=1S/C18H16O5/c1-3-23-18(21)17(20)14-8-11-5-4-10-6-7-12(22-2)9-13(10)15(11)16(14)19/h4-7,9,14H,3,8H2,1-2H3/t14-/m1/s1. The molecule has 0 fully saturated rings. The van der Waals surface area contributed by atoms with Crippen LogP contribution in [-0.2, 0) is 20.7 Å². The summed E-state index contributed by atoms with van der Waals surface area (Å²) >= 11 is 0. The first kappa shape index (κ1) is 15.2. The Morgan fingerprint density at radius 3 is 2.65 bits per heavy atom. The molecule has 2 aromatic carbocycles. The van der Waals surface area contributed by atoms with Crippen molar-refractivity contribution in [3.05, 3.63) is 41.5 Å². The number of hydrogen-bond acceptors (Lipinski definition) is 5. The maximum atomic E-state index is 12.7. The zero-order valence-corrected chi connectivity index (χ0v) is 12.9. The number of carbonyl (C=O) groups excluding carboxylic acids is 3. The summed E-state index contributed by atoms with van der Waals surface area (Å²) in [6.45, 7) is 1.73. The van der Waals surface area contributed by atoms with E-state index in [1.165, 1.54) is 0 Å². The molecule has 0 bridgehead atoms. The lowest BCUT2D eigenvalue weighted by Gasteiger charge is -2.07. The van der Waals surface area contributed by atoms with Gasteiger partial charge in [-0.3, -0.25) is 9.59 Å². The Balaban J connectivity index is 2.04. The molecule has 0 saturated heterocycles. The van der Waals surface area contributed by atoms with Crippen LogP contribution in [0.1, 0.15) is 22.8 Å². The SMILES string of the molecule is CCOC(=O)C(=O)[C@@H]1Cc2ccc3ccc(OC)cc3c2C1=O. The molecule has 0 N–H and O–H groups in total. The van der Waals surface area contributed by atoms with Gasteiger partial charge < -0.3 is 9.47 Å². The highest BCUT2D eigenvalue weighted by Crippen LogP contribution is 2.35. The summed E-state index contributed by atoms with van der Waals surface area (Å²) in [5, 5.41) is 1.63. The van der Waals surface area contributed by atoms with Gasteiger partial charge in [0.2, 0.25) is 0 Å². The monoisotopic (exact) mass is 312 g/mol. The smallest absolute Gasteiger partial charge is 0.375 e. The second kappa shape index (κ2) is 5.83. The van der Waals surface area contributed by atoms with Gasteiger partial charge in [-0.1, -0.05) is 18.2 Å². The summed E-state index contributed by atoms with van der Waals surface area (Å²) in [6.07, 6.45) is 0.235. The summed E-state index contributed by atoms with van der Waals surface area (Å²) in [5.41, 5.74) is 1.28. The van der Waals surface area contributed by atoms with Gasteiger partial charge in [-0.05, 0) is 41.8 Å². The average molecular weight is 312 g/mol. The van der Waals surface area contributed by atoms with Crippen molar-refractivity contribution in [3.63, 3.8) is 0 Å². The molecule has 1 aliphatic carbocycles. The lowest BCUT2D eigenvalue weighted by Crippen LogP contribution is -2.29. The quantitative estimate of drug-likeness (QED) is 0.492. The van der Waals surface area contributed by atoms with Gasteiger partial charge in [-0.25, -0.2) is 4.79 Å². The zero-order valence-electron chi connectivity index (χ0n) is 12.9. The highest BCUT2D eigenvalue weighted by atomic mass is 16.5. The van der Waals surface area contributed by atoms with Gasteiger partial charge in [0.15, 0.2) is 5.78 Å². The highest BCUT2D eigenvalue weighted by Gasteiger charge is 2.40. The Hall–Kier alpha value is -2.69. The molecule has 0 aromatic heterocycles. The van der Waals surface area contributed by atoms with Crippen LogP contribution in [0.2, 0.25) is 0 Å². The molecule has 2 aromatic rings. The summed E-state index contributed by atoms with van der Waals surface area (Å²) < 4.78 is 9.94. The Kier molecular flexibility index (Phi) is 3.86. The Morgan fingerprint density at radius 2 is 1.96 bits per heavy atom. The summed E-state index contributed by atoms with van der Waals surface area (Å²) in [6, 6.07) is 9.19. The van der Waals surface area contributed by atoms with E-state index >= 15 is 0 Å². The van der Waals surface area contributed by atoms with Gasteiger partial charge in [0.25, 0.3) is 5.78 Å². The number of carbonyl (C=O) groups is 3. The van der Waals surface area contributed by atoms with E-state index in [9.17, 15) is 14.4 Å². The molecular weight excluding hydrogens is 296 g/mol. The molecule has 5 heteroatoms. The minimum atomic E-state index is -0.985. The van der Waals surface area contributed by atoms with E-state index in [2.05, 4.69) is 0 Å². The highest BCUT2D eigenvalue weighted by molar-refractivity contribution is 6.41. The largest absolute Gasteiger partial charge is 0.497 e. The Bertz CT molecular complexity index is 822. The van der Waals surface area contributed by atoms with E-state index in [1.54, 1.807) is 20.1 Å². The number of rotatable bonds is 4. The lowest BCUT2D eigenvalue weighted by atomic mass is 9.98. The summed E-state index contributed by atoms with van der Waals surface area (Å²) in [5.74, 6) is -2.39. The molecule has 3 rings (SSSR count). The van der Waals surface area contributed by atoms with Crippen LogP contribution >= 0.6 is 0 Å². The Morgan fingerprint density at radius 1 is 1.22 bits per heavy atom. The number of Topliss-reactive ketones (excluding diaryl/α,β-unsaturated/α-hetero) is 2. The van der Waals surface area contributed by atoms with Crippen LogP contribution < -0.4 is 4.74 Å². The van der Waals surface area contributed by atoms with Crippen LogP contribution in [0.25, 0.3) is 10.8 Å². The predicted octanol–water partition coefficient (Wildman–Crippen LogP) is 2.34. The molecule has 0 amide bonds. The van der Waals surface area contributed by atoms with E-state index in [1.807, 2.05) is 24.3 Å². The van der Waals surface area contributed by atoms with E-state index in [-0.39, 0.29) is 18.8 Å². The first-order chi connectivity index (χ1) is 11.1. The topological polar surface area (TPSA) is 69.7 Å². The molecule has 0 spiro atoms. The van der Waals surface area contributed by atoms with Crippen LogP contribution in [0.3, 0.4) is 0 Å². The number of ether oxygens (including phenoxy) is 2. The summed E-state index contributed by atoms with van der Waals surface area (Å²) in [4.78, 5) is 36.5. The molecule has 0 heterocycles. The third-order valence-corrected chi connectivity index (χ3v) is 4.10. The number of benzene rings is 2.